The molecule has 31 heavy (non-hydrogen) atoms. The first-order chi connectivity index (χ1) is 14.9. The Morgan fingerprint density at radius 1 is 1.00 bits per heavy atom. The number of aromatic nitrogens is 2. The van der Waals surface area contributed by atoms with Crippen LogP contribution in [0.5, 0.6) is 0 Å². The second-order valence-electron chi connectivity index (χ2n) is 6.91. The standard InChI is InChI=1S/C22H23N5O4/c1-3-26(12-20(29)25-17-10-8-16(9-11-17)24-15(2)28)21(30)13-27-14-23-19-7-5-4-6-18(19)22(27)31/h4-11,14H,3,12-13H2,1-2H3,(H,24,28)(H,25,29). The highest BCUT2D eigenvalue weighted by molar-refractivity contribution is 5.95. The van der Waals surface area contributed by atoms with Crippen molar-refractivity contribution in [2.45, 2.75) is 20.4 Å². The van der Waals surface area contributed by atoms with Crippen molar-refractivity contribution in [1.82, 2.24) is 14.5 Å². The number of benzene rings is 2. The van der Waals surface area contributed by atoms with Gasteiger partial charge in [0.15, 0.2) is 0 Å². The Bertz CT molecular complexity index is 1170. The van der Waals surface area contributed by atoms with E-state index < -0.39 is 0 Å². The minimum Gasteiger partial charge on any atom is -0.332 e. The third-order valence-electron chi connectivity index (χ3n) is 4.60. The molecule has 2 aromatic carbocycles. The lowest BCUT2D eigenvalue weighted by molar-refractivity contribution is -0.135. The smallest absolute Gasteiger partial charge is 0.261 e. The second kappa shape index (κ2) is 9.66. The summed E-state index contributed by atoms with van der Waals surface area (Å²) in [7, 11) is 0. The van der Waals surface area contributed by atoms with Crippen molar-refractivity contribution in [3.63, 3.8) is 0 Å². The summed E-state index contributed by atoms with van der Waals surface area (Å²) in [5.41, 5.74) is 1.41. The van der Waals surface area contributed by atoms with E-state index >= 15 is 0 Å². The zero-order chi connectivity index (χ0) is 22.4. The van der Waals surface area contributed by atoms with Crippen LogP contribution >= 0.6 is 0 Å². The van der Waals surface area contributed by atoms with Crippen LogP contribution in [0, 0.1) is 0 Å². The van der Waals surface area contributed by atoms with Crippen LogP contribution < -0.4 is 16.2 Å². The maximum Gasteiger partial charge on any atom is 0.261 e. The fraction of sp³-hybridized carbons (Fsp3) is 0.227. The summed E-state index contributed by atoms with van der Waals surface area (Å²) < 4.78 is 1.24. The zero-order valence-electron chi connectivity index (χ0n) is 17.3. The van der Waals surface area contributed by atoms with E-state index in [0.29, 0.717) is 28.8 Å². The number of para-hydroxylation sites is 1. The van der Waals surface area contributed by atoms with Gasteiger partial charge in [-0.15, -0.1) is 0 Å². The molecule has 0 saturated carbocycles. The average Bonchev–Trinajstić information content (AvgIpc) is 2.75. The molecule has 0 unspecified atom stereocenters. The summed E-state index contributed by atoms with van der Waals surface area (Å²) >= 11 is 0. The first-order valence-corrected chi connectivity index (χ1v) is 9.77. The van der Waals surface area contributed by atoms with Crippen LogP contribution in [0.2, 0.25) is 0 Å². The average molecular weight is 421 g/mol. The Labute approximate surface area is 178 Å². The number of hydrogen-bond donors (Lipinski definition) is 2. The fourth-order valence-corrected chi connectivity index (χ4v) is 3.05. The van der Waals surface area contributed by atoms with E-state index in [9.17, 15) is 19.2 Å². The van der Waals surface area contributed by atoms with Gasteiger partial charge >= 0.3 is 0 Å². The minimum absolute atomic E-state index is 0.154. The Hall–Kier alpha value is -4.01. The first-order valence-electron chi connectivity index (χ1n) is 9.77. The molecule has 0 spiro atoms. The minimum atomic E-state index is -0.369. The third-order valence-corrected chi connectivity index (χ3v) is 4.60. The van der Waals surface area contributed by atoms with Gasteiger partial charge in [-0.05, 0) is 43.3 Å². The van der Waals surface area contributed by atoms with Crippen molar-refractivity contribution in [3.05, 3.63) is 65.2 Å². The maximum absolute atomic E-state index is 12.7. The van der Waals surface area contributed by atoms with Gasteiger partial charge in [0.25, 0.3) is 5.56 Å². The number of anilines is 2. The van der Waals surface area contributed by atoms with Crippen molar-refractivity contribution >= 4 is 40.0 Å². The Kier molecular flexibility index (Phi) is 6.76. The van der Waals surface area contributed by atoms with Crippen molar-refractivity contribution in [2.75, 3.05) is 23.7 Å². The molecule has 0 aliphatic rings. The van der Waals surface area contributed by atoms with Crippen molar-refractivity contribution in [2.24, 2.45) is 0 Å². The van der Waals surface area contributed by atoms with Crippen LogP contribution in [0.3, 0.4) is 0 Å². The monoisotopic (exact) mass is 421 g/mol. The lowest BCUT2D eigenvalue weighted by Gasteiger charge is -2.21. The van der Waals surface area contributed by atoms with Crippen molar-refractivity contribution in [1.29, 1.82) is 0 Å². The predicted molar refractivity (Wildman–Crippen MR) is 118 cm³/mol. The molecule has 0 atom stereocenters. The van der Waals surface area contributed by atoms with Gasteiger partial charge in [-0.3, -0.25) is 23.7 Å². The molecule has 3 amide bonds. The summed E-state index contributed by atoms with van der Waals surface area (Å²) in [5.74, 6) is -0.918. The number of nitrogens with zero attached hydrogens (tertiary/aromatic N) is 3. The van der Waals surface area contributed by atoms with Gasteiger partial charge in [-0.1, -0.05) is 12.1 Å². The topological polar surface area (TPSA) is 113 Å². The van der Waals surface area contributed by atoms with Gasteiger partial charge in [-0.2, -0.15) is 0 Å². The number of hydrogen-bond acceptors (Lipinski definition) is 5. The van der Waals surface area contributed by atoms with Gasteiger partial charge < -0.3 is 15.5 Å². The van der Waals surface area contributed by atoms with Crippen LogP contribution in [0.1, 0.15) is 13.8 Å². The number of rotatable bonds is 7. The molecule has 9 nitrogen and oxygen atoms in total. The van der Waals surface area contributed by atoms with Crippen LogP contribution in [-0.4, -0.2) is 45.3 Å². The SMILES string of the molecule is CCN(CC(=O)Nc1ccc(NC(C)=O)cc1)C(=O)Cn1cnc2ccccc2c1=O. The largest absolute Gasteiger partial charge is 0.332 e. The molecule has 0 bridgehead atoms. The fourth-order valence-electron chi connectivity index (χ4n) is 3.05. The molecule has 0 fully saturated rings. The summed E-state index contributed by atoms with van der Waals surface area (Å²) in [6.45, 7) is 3.12. The van der Waals surface area contributed by atoms with E-state index in [1.165, 1.54) is 22.7 Å². The summed E-state index contributed by atoms with van der Waals surface area (Å²) in [4.78, 5) is 54.3. The van der Waals surface area contributed by atoms with Crippen LogP contribution in [0.4, 0.5) is 11.4 Å². The highest BCUT2D eigenvalue weighted by Crippen LogP contribution is 2.13. The van der Waals surface area contributed by atoms with Crippen molar-refractivity contribution < 1.29 is 14.4 Å². The predicted octanol–water partition coefficient (Wildman–Crippen LogP) is 1.84. The highest BCUT2D eigenvalue weighted by atomic mass is 16.2. The first kappa shape index (κ1) is 21.7. The van der Waals surface area contributed by atoms with E-state index in [0.717, 1.165) is 0 Å². The molecule has 3 aromatic rings. The quantitative estimate of drug-likeness (QED) is 0.604. The van der Waals surface area contributed by atoms with Crippen LogP contribution in [0.15, 0.2) is 59.7 Å². The lowest BCUT2D eigenvalue weighted by atomic mass is 10.2. The maximum atomic E-state index is 12.7. The Balaban J connectivity index is 1.63. The molecule has 160 valence electrons. The van der Waals surface area contributed by atoms with Crippen LogP contribution in [-0.2, 0) is 20.9 Å². The molecule has 1 heterocycles. The van der Waals surface area contributed by atoms with E-state index in [-0.39, 0.29) is 36.4 Å². The summed E-state index contributed by atoms with van der Waals surface area (Å²) in [5, 5.41) is 5.79. The van der Waals surface area contributed by atoms with E-state index in [1.54, 1.807) is 55.5 Å². The van der Waals surface area contributed by atoms with Gasteiger partial charge in [0.05, 0.1) is 23.8 Å². The molecular weight excluding hydrogens is 398 g/mol. The molecule has 0 saturated heterocycles. The Morgan fingerprint density at radius 2 is 1.65 bits per heavy atom. The molecule has 9 heteroatoms. The molecule has 1 aromatic heterocycles. The lowest BCUT2D eigenvalue weighted by Crippen LogP contribution is -2.41. The number of nitrogens with one attached hydrogen (secondary N) is 2. The van der Waals surface area contributed by atoms with Crippen molar-refractivity contribution in [3.8, 4) is 0 Å². The molecule has 2 N–H and O–H groups in total. The van der Waals surface area contributed by atoms with E-state index in [1.807, 2.05) is 0 Å². The summed E-state index contributed by atoms with van der Waals surface area (Å²) in [6, 6.07) is 13.6. The van der Waals surface area contributed by atoms with E-state index in [4.69, 9.17) is 0 Å². The van der Waals surface area contributed by atoms with E-state index in [2.05, 4.69) is 15.6 Å². The third kappa shape index (κ3) is 5.53. The molecule has 3 rings (SSSR count). The number of amides is 3. The molecular formula is C22H23N5O4. The number of carbonyl (C=O) groups is 3. The van der Waals surface area contributed by atoms with Crippen LogP contribution in [0.25, 0.3) is 10.9 Å². The van der Waals surface area contributed by atoms with Gasteiger partial charge in [0.2, 0.25) is 17.7 Å². The molecule has 0 aliphatic heterocycles. The van der Waals surface area contributed by atoms with Gasteiger partial charge in [-0.25, -0.2) is 4.98 Å². The number of fused-ring (bicyclic) bond motifs is 1. The normalized spacial score (nSPS) is 10.5. The highest BCUT2D eigenvalue weighted by Gasteiger charge is 2.17. The molecule has 0 radical (unpaired) electrons. The molecule has 0 aliphatic carbocycles. The second-order valence-corrected chi connectivity index (χ2v) is 6.91. The summed E-state index contributed by atoms with van der Waals surface area (Å²) in [6.07, 6.45) is 1.34. The number of carbonyl (C=O) groups excluding carboxylic acids is 3. The zero-order valence-corrected chi connectivity index (χ0v) is 17.3. The van der Waals surface area contributed by atoms with Gasteiger partial charge in [0, 0.05) is 24.8 Å². The Morgan fingerprint density at radius 3 is 2.29 bits per heavy atom. The van der Waals surface area contributed by atoms with Gasteiger partial charge in [0.1, 0.15) is 6.54 Å². The number of likely N-dealkylation sites (N-methyl/N-ethyl adjacent to an activating group) is 1.